The number of ether oxygens (including phenoxy) is 2. The van der Waals surface area contributed by atoms with Crippen LogP contribution in [0.5, 0.6) is 5.75 Å². The Bertz CT molecular complexity index is 493. The van der Waals surface area contributed by atoms with Gasteiger partial charge < -0.3 is 9.47 Å². The van der Waals surface area contributed by atoms with Crippen molar-refractivity contribution in [3.63, 3.8) is 0 Å². The molecular formula is C10H5Br2Cl5O3. The molecule has 1 aromatic rings. The smallest absolute Gasteiger partial charge is 0.429 e. The van der Waals surface area contributed by atoms with Crippen LogP contribution in [0.2, 0.25) is 25.1 Å². The van der Waals surface area contributed by atoms with E-state index in [0.717, 1.165) is 0 Å². The second-order valence-corrected chi connectivity index (χ2v) is 6.48. The summed E-state index contributed by atoms with van der Waals surface area (Å²) in [5.41, 5.74) is 0. The number of carbonyl (C=O) groups excluding carboxylic acids is 1. The van der Waals surface area contributed by atoms with Gasteiger partial charge in [-0.25, -0.2) is 4.79 Å². The lowest BCUT2D eigenvalue weighted by Crippen LogP contribution is -2.23. The third-order valence-corrected chi connectivity index (χ3v) is 5.65. The second kappa shape index (κ2) is 8.51. The molecule has 3 nitrogen and oxygen atoms in total. The molecule has 0 aliphatic rings. The number of benzene rings is 1. The molecular weight excluding hydrogens is 505 g/mol. The number of alkyl halides is 2. The van der Waals surface area contributed by atoms with Gasteiger partial charge in [0.25, 0.3) is 0 Å². The maximum atomic E-state index is 11.6. The van der Waals surface area contributed by atoms with Crippen LogP contribution >= 0.6 is 89.9 Å². The van der Waals surface area contributed by atoms with Gasteiger partial charge in [-0.1, -0.05) is 89.9 Å². The van der Waals surface area contributed by atoms with Crippen molar-refractivity contribution in [2.45, 2.75) is 6.10 Å². The van der Waals surface area contributed by atoms with Crippen LogP contribution in [0, 0.1) is 0 Å². The Balaban J connectivity index is 3.01. The van der Waals surface area contributed by atoms with Crippen LogP contribution in [0.15, 0.2) is 0 Å². The van der Waals surface area contributed by atoms with E-state index in [1.54, 1.807) is 0 Å². The second-order valence-electron chi connectivity index (χ2n) is 3.30. The van der Waals surface area contributed by atoms with E-state index >= 15 is 0 Å². The molecule has 0 bridgehead atoms. The van der Waals surface area contributed by atoms with Gasteiger partial charge in [0, 0.05) is 10.7 Å². The molecule has 20 heavy (non-hydrogen) atoms. The van der Waals surface area contributed by atoms with E-state index in [0.29, 0.717) is 10.7 Å². The minimum absolute atomic E-state index is 0.0251. The molecule has 0 saturated carbocycles. The largest absolute Gasteiger partial charge is 0.514 e. The molecule has 0 spiro atoms. The first-order valence-corrected chi connectivity index (χ1v) is 8.98. The van der Waals surface area contributed by atoms with Gasteiger partial charge in [0.05, 0.1) is 15.1 Å². The fourth-order valence-corrected chi connectivity index (χ4v) is 3.56. The van der Waals surface area contributed by atoms with Gasteiger partial charge >= 0.3 is 6.16 Å². The highest BCUT2D eigenvalue weighted by Crippen LogP contribution is 2.48. The van der Waals surface area contributed by atoms with Crippen LogP contribution in [0.25, 0.3) is 0 Å². The highest BCUT2D eigenvalue weighted by atomic mass is 79.9. The van der Waals surface area contributed by atoms with Crippen molar-refractivity contribution >= 4 is 96.0 Å². The molecule has 1 aromatic carbocycles. The van der Waals surface area contributed by atoms with Gasteiger partial charge in [-0.05, 0) is 0 Å². The lowest BCUT2D eigenvalue weighted by molar-refractivity contribution is 0.0770. The molecule has 0 N–H and O–H groups in total. The average molecular weight is 510 g/mol. The van der Waals surface area contributed by atoms with E-state index in [4.69, 9.17) is 67.5 Å². The van der Waals surface area contributed by atoms with E-state index in [-0.39, 0.29) is 30.9 Å². The molecule has 0 unspecified atom stereocenters. The molecule has 1 rings (SSSR count). The lowest BCUT2D eigenvalue weighted by atomic mass is 10.3. The zero-order valence-corrected chi connectivity index (χ0v) is 16.3. The van der Waals surface area contributed by atoms with Crippen LogP contribution in [0.3, 0.4) is 0 Å². The van der Waals surface area contributed by atoms with Crippen molar-refractivity contribution in [3.8, 4) is 5.75 Å². The maximum absolute atomic E-state index is 11.6. The van der Waals surface area contributed by atoms with Gasteiger partial charge in [-0.15, -0.1) is 0 Å². The molecule has 112 valence electrons. The first-order chi connectivity index (χ1) is 9.33. The Morgan fingerprint density at radius 3 is 1.70 bits per heavy atom. The average Bonchev–Trinajstić information content (AvgIpc) is 2.45. The quantitative estimate of drug-likeness (QED) is 0.150. The van der Waals surface area contributed by atoms with Crippen molar-refractivity contribution < 1.29 is 14.3 Å². The third-order valence-electron chi connectivity index (χ3n) is 1.96. The number of hydrogen-bond donors (Lipinski definition) is 0. The summed E-state index contributed by atoms with van der Waals surface area (Å²) in [7, 11) is 0. The topological polar surface area (TPSA) is 35.5 Å². The van der Waals surface area contributed by atoms with Crippen molar-refractivity contribution in [2.24, 2.45) is 0 Å². The normalized spacial score (nSPS) is 10.8. The van der Waals surface area contributed by atoms with Crippen molar-refractivity contribution in [1.29, 1.82) is 0 Å². The molecule has 0 aliphatic heterocycles. The fraction of sp³-hybridized carbons (Fsp3) is 0.300. The number of hydrogen-bond acceptors (Lipinski definition) is 3. The summed E-state index contributed by atoms with van der Waals surface area (Å²) in [6, 6.07) is 0. The monoisotopic (exact) mass is 506 g/mol. The highest BCUT2D eigenvalue weighted by molar-refractivity contribution is 9.09. The number of carbonyl (C=O) groups is 1. The van der Waals surface area contributed by atoms with Gasteiger partial charge in [0.1, 0.15) is 16.1 Å². The van der Waals surface area contributed by atoms with Crippen molar-refractivity contribution in [2.75, 3.05) is 10.7 Å². The Hall–Kier alpha value is 0.900. The van der Waals surface area contributed by atoms with Crippen molar-refractivity contribution in [1.82, 2.24) is 0 Å². The molecule has 0 fully saturated rings. The predicted molar refractivity (Wildman–Crippen MR) is 90.0 cm³/mol. The van der Waals surface area contributed by atoms with Crippen LogP contribution < -0.4 is 4.74 Å². The molecule has 0 heterocycles. The first-order valence-electron chi connectivity index (χ1n) is 4.85. The minimum atomic E-state index is -0.993. The third kappa shape index (κ3) is 4.45. The van der Waals surface area contributed by atoms with Gasteiger partial charge in [-0.2, -0.15) is 0 Å². The summed E-state index contributed by atoms with van der Waals surface area (Å²) in [6.07, 6.45) is -1.41. The summed E-state index contributed by atoms with van der Waals surface area (Å²) in [5, 5.41) is 0.442. The molecule has 0 atom stereocenters. The molecule has 0 aromatic heterocycles. The molecule has 0 radical (unpaired) electrons. The summed E-state index contributed by atoms with van der Waals surface area (Å²) in [5.74, 6) is -0.208. The number of halogens is 7. The first kappa shape index (κ1) is 18.9. The Labute approximate surface area is 157 Å². The zero-order valence-electron chi connectivity index (χ0n) is 9.36. The Kier molecular flexibility index (Phi) is 8.06. The van der Waals surface area contributed by atoms with E-state index in [9.17, 15) is 4.79 Å². The summed E-state index contributed by atoms with van der Waals surface area (Å²) < 4.78 is 9.91. The van der Waals surface area contributed by atoms with Crippen LogP contribution in [-0.4, -0.2) is 22.9 Å². The number of rotatable bonds is 4. The van der Waals surface area contributed by atoms with Crippen molar-refractivity contribution in [3.05, 3.63) is 25.1 Å². The predicted octanol–water partition coefficient (Wildman–Crippen LogP) is 6.63. The summed E-state index contributed by atoms with van der Waals surface area (Å²) in [6.45, 7) is 0. The molecule has 0 aliphatic carbocycles. The van der Waals surface area contributed by atoms with Gasteiger partial charge in [0.2, 0.25) is 0 Å². The Morgan fingerprint density at radius 1 is 0.900 bits per heavy atom. The van der Waals surface area contributed by atoms with E-state index in [1.807, 2.05) is 0 Å². The molecule has 10 heteroatoms. The van der Waals surface area contributed by atoms with E-state index in [2.05, 4.69) is 31.9 Å². The standard InChI is InChI=1S/C10H5Br2Cl5O3/c11-1-3(2-12)19-10(18)20-9-7(16)5(14)4(13)6(15)8(9)17/h3H,1-2H2. The zero-order chi connectivity index (χ0) is 15.4. The van der Waals surface area contributed by atoms with Crippen LogP contribution in [0.4, 0.5) is 4.79 Å². The fourth-order valence-electron chi connectivity index (χ4n) is 1.02. The molecule has 0 amide bonds. The minimum Gasteiger partial charge on any atom is -0.429 e. The maximum Gasteiger partial charge on any atom is 0.514 e. The molecule has 0 saturated heterocycles. The van der Waals surface area contributed by atoms with Gasteiger partial charge in [0.15, 0.2) is 5.75 Å². The highest BCUT2D eigenvalue weighted by Gasteiger charge is 2.24. The van der Waals surface area contributed by atoms with E-state index in [1.165, 1.54) is 0 Å². The van der Waals surface area contributed by atoms with Crippen LogP contribution in [-0.2, 0) is 4.74 Å². The lowest BCUT2D eigenvalue weighted by Gasteiger charge is -2.15. The van der Waals surface area contributed by atoms with Crippen LogP contribution in [0.1, 0.15) is 0 Å². The summed E-state index contributed by atoms with van der Waals surface area (Å²) in [4.78, 5) is 11.6. The van der Waals surface area contributed by atoms with E-state index < -0.39 is 12.3 Å². The van der Waals surface area contributed by atoms with Gasteiger partial charge in [-0.3, -0.25) is 0 Å². The summed E-state index contributed by atoms with van der Waals surface area (Å²) >= 11 is 35.7. The Morgan fingerprint density at radius 2 is 1.30 bits per heavy atom. The SMILES string of the molecule is O=C(Oc1c(Cl)c(Cl)c(Cl)c(Cl)c1Cl)OC(CBr)CBr.